The first-order chi connectivity index (χ1) is 19.5. The van der Waals surface area contributed by atoms with Gasteiger partial charge in [-0.15, -0.1) is 0 Å². The minimum atomic E-state index is -0.341. The molecule has 2 unspecified atom stereocenters. The molecule has 2 atom stereocenters. The van der Waals surface area contributed by atoms with Crippen molar-refractivity contribution < 1.29 is 20.4 Å². The van der Waals surface area contributed by atoms with Crippen molar-refractivity contribution in [3.05, 3.63) is 144 Å². The summed E-state index contributed by atoms with van der Waals surface area (Å²) in [5.74, 6) is 0. The van der Waals surface area contributed by atoms with Crippen LogP contribution in [0.1, 0.15) is 48.3 Å². The van der Waals surface area contributed by atoms with Gasteiger partial charge in [-0.1, -0.05) is 121 Å². The second-order valence-electron chi connectivity index (χ2n) is 8.09. The van der Waals surface area contributed by atoms with Gasteiger partial charge in [0.05, 0.1) is 12.2 Å². The average molecular weight is 685 g/mol. The Labute approximate surface area is 286 Å². The lowest BCUT2D eigenvalue weighted by atomic mass is 10.1. The van der Waals surface area contributed by atoms with Crippen LogP contribution in [0.25, 0.3) is 0 Å². The highest BCUT2D eigenvalue weighted by atomic mass is 32.8. The van der Waals surface area contributed by atoms with E-state index in [2.05, 4.69) is 44.8 Å². The highest BCUT2D eigenvalue weighted by Gasteiger charge is 1.96. The molecule has 0 saturated carbocycles. The van der Waals surface area contributed by atoms with Gasteiger partial charge in [-0.2, -0.15) is 27.0 Å². The molecule has 232 valence electrons. The fraction of sp³-hybridized carbons (Fsp3) is 0.250. The van der Waals surface area contributed by atoms with Gasteiger partial charge in [-0.25, -0.2) is 0 Å². The van der Waals surface area contributed by atoms with E-state index in [0.717, 1.165) is 24.0 Å². The summed E-state index contributed by atoms with van der Waals surface area (Å²) in [4.78, 5) is 0. The van der Waals surface area contributed by atoms with Crippen LogP contribution < -0.4 is 0 Å². The smallest absolute Gasteiger partial charge is 0.0761 e. The predicted molar refractivity (Wildman–Crippen MR) is 199 cm³/mol. The Morgan fingerprint density at radius 1 is 0.452 bits per heavy atom. The molecule has 0 fully saturated rings. The van der Waals surface area contributed by atoms with Crippen molar-refractivity contribution in [2.45, 2.75) is 38.9 Å². The van der Waals surface area contributed by atoms with Crippen molar-refractivity contribution in [3.8, 4) is 0 Å². The normalized spacial score (nSPS) is 9.86. The number of aliphatic hydroxyl groups excluding tert-OH is 4. The largest absolute Gasteiger partial charge is 0.396 e. The zero-order valence-corrected chi connectivity index (χ0v) is 29.2. The van der Waals surface area contributed by atoms with E-state index in [4.69, 9.17) is 20.4 Å². The van der Waals surface area contributed by atoms with Crippen molar-refractivity contribution >= 4 is 71.7 Å². The third-order valence-corrected chi connectivity index (χ3v) is 5.05. The molecule has 0 radical (unpaired) electrons. The average Bonchev–Trinajstić information content (AvgIpc) is 3.02. The van der Waals surface area contributed by atoms with E-state index >= 15 is 0 Å². The molecule has 0 bridgehead atoms. The van der Waals surface area contributed by atoms with Crippen molar-refractivity contribution in [3.63, 3.8) is 0 Å². The Morgan fingerprint density at radius 2 is 0.667 bits per heavy atom. The monoisotopic (exact) mass is 684 g/mol. The molecule has 4 aromatic carbocycles. The van der Waals surface area contributed by atoms with E-state index in [1.807, 2.05) is 121 Å². The highest BCUT2D eigenvalue weighted by Crippen LogP contribution is 2.09. The summed E-state index contributed by atoms with van der Waals surface area (Å²) in [6.45, 7) is 4.00. The molecular formula is C32H44O4S6. The van der Waals surface area contributed by atoms with Crippen molar-refractivity contribution in [1.29, 1.82) is 0 Å². The molecule has 4 nitrogen and oxygen atoms in total. The van der Waals surface area contributed by atoms with Crippen LogP contribution in [-0.2, 0) is 57.6 Å². The zero-order valence-electron chi connectivity index (χ0n) is 24.0. The summed E-state index contributed by atoms with van der Waals surface area (Å²) in [6, 6.07) is 39.1. The number of hydrogen-bond donors (Lipinski definition) is 4. The van der Waals surface area contributed by atoms with Gasteiger partial charge in [0.1, 0.15) is 0 Å². The summed E-state index contributed by atoms with van der Waals surface area (Å²) >= 11 is 14.7. The summed E-state index contributed by atoms with van der Waals surface area (Å²) < 4.78 is 0. The number of aliphatic hydroxyl groups is 4. The Morgan fingerprint density at radius 3 is 0.833 bits per heavy atom. The topological polar surface area (TPSA) is 80.9 Å². The van der Waals surface area contributed by atoms with E-state index in [1.54, 1.807) is 13.8 Å². The second kappa shape index (κ2) is 35.5. The van der Waals surface area contributed by atoms with E-state index in [0.29, 0.717) is 0 Å². The fourth-order valence-corrected chi connectivity index (χ4v) is 3.01. The molecule has 4 N–H and O–H groups in total. The molecule has 4 rings (SSSR count). The van der Waals surface area contributed by atoms with Gasteiger partial charge in [0.2, 0.25) is 0 Å². The Balaban J connectivity index is -0.000000217. The molecule has 0 aliphatic rings. The number of hydrogen-bond acceptors (Lipinski definition) is 8. The minimum Gasteiger partial charge on any atom is -0.396 e. The maximum absolute atomic E-state index is 9.02. The summed E-state index contributed by atoms with van der Waals surface area (Å²) in [6.07, 6.45) is 0.846. The third-order valence-electron chi connectivity index (χ3n) is 5.05. The maximum atomic E-state index is 9.02. The van der Waals surface area contributed by atoms with Crippen LogP contribution in [0, 0.1) is 0 Å². The second-order valence-corrected chi connectivity index (χ2v) is 8.09. The summed E-state index contributed by atoms with van der Waals surface area (Å²) in [5.41, 5.74) is 4.33. The van der Waals surface area contributed by atoms with Gasteiger partial charge in [0.15, 0.2) is 0 Å². The highest BCUT2D eigenvalue weighted by molar-refractivity contribution is 8.07. The number of rotatable bonds is 6. The lowest BCUT2D eigenvalue weighted by Crippen LogP contribution is -1.88. The van der Waals surface area contributed by atoms with E-state index in [1.165, 1.54) is 11.1 Å². The molecule has 10 heteroatoms. The quantitative estimate of drug-likeness (QED) is 0.193. The minimum absolute atomic E-state index is 0. The molecule has 0 aliphatic carbocycles. The van der Waals surface area contributed by atoms with Gasteiger partial charge < -0.3 is 20.4 Å². The lowest BCUT2D eigenvalue weighted by molar-refractivity contribution is 0.199. The third kappa shape index (κ3) is 27.2. The van der Waals surface area contributed by atoms with E-state index < -0.39 is 0 Å². The fourth-order valence-electron chi connectivity index (χ4n) is 3.01. The first-order valence-corrected chi connectivity index (χ1v) is 15.2. The molecule has 0 aromatic heterocycles. The molecule has 0 saturated heterocycles. The first kappa shape index (κ1) is 47.2. The zero-order chi connectivity index (χ0) is 30.4. The van der Waals surface area contributed by atoms with Crippen LogP contribution >= 0.6 is 27.0 Å². The Bertz CT molecular complexity index is 959. The van der Waals surface area contributed by atoms with Crippen LogP contribution in [0.2, 0.25) is 0 Å². The molecule has 0 heterocycles. The molecular weight excluding hydrogens is 641 g/mol. The lowest BCUT2D eigenvalue weighted by Gasteiger charge is -2.00. The van der Waals surface area contributed by atoms with Gasteiger partial charge in [0, 0.05) is 58.0 Å². The van der Waals surface area contributed by atoms with Crippen LogP contribution in [-0.4, -0.2) is 33.6 Å². The van der Waals surface area contributed by atoms with Crippen LogP contribution in [0.15, 0.2) is 121 Å². The van der Waals surface area contributed by atoms with Crippen molar-refractivity contribution in [2.24, 2.45) is 0 Å². The standard InChI is InChI=1S/4C8H10O.2S2.2H2S/c2*1-7(9)8-5-3-2-4-6-8;2*9-7-6-8-4-2-1-3-5-8;2*1-2;;/h2*2-7,9H,1H3;2*1-5,9H,6-7H2;;;2*1H2. The summed E-state index contributed by atoms with van der Waals surface area (Å²) in [5, 5.41) is 35.1. The SMILES string of the molecule is CC(O)c1ccccc1.CC(O)c1ccccc1.OCCc1ccccc1.OCCc1ccccc1.S.S.S=S.S=S. The van der Waals surface area contributed by atoms with Crippen LogP contribution in [0.3, 0.4) is 0 Å². The Hall–Kier alpha value is -1.70. The van der Waals surface area contributed by atoms with E-state index in [-0.39, 0.29) is 52.4 Å². The first-order valence-electron chi connectivity index (χ1n) is 12.6. The van der Waals surface area contributed by atoms with E-state index in [9.17, 15) is 0 Å². The van der Waals surface area contributed by atoms with Gasteiger partial charge in [-0.05, 0) is 48.9 Å². The molecule has 0 aliphatic heterocycles. The maximum Gasteiger partial charge on any atom is 0.0761 e. The van der Waals surface area contributed by atoms with Crippen LogP contribution in [0.4, 0.5) is 0 Å². The summed E-state index contributed by atoms with van der Waals surface area (Å²) in [7, 11) is 0. The predicted octanol–water partition coefficient (Wildman–Crippen LogP) is 6.14. The molecule has 0 spiro atoms. The van der Waals surface area contributed by atoms with Gasteiger partial charge >= 0.3 is 0 Å². The van der Waals surface area contributed by atoms with Gasteiger partial charge in [-0.3, -0.25) is 0 Å². The number of benzene rings is 4. The Kier molecular flexibility index (Phi) is 39.9. The van der Waals surface area contributed by atoms with Crippen molar-refractivity contribution in [1.82, 2.24) is 0 Å². The molecule has 42 heavy (non-hydrogen) atoms. The molecule has 0 amide bonds. The van der Waals surface area contributed by atoms with Crippen molar-refractivity contribution in [2.75, 3.05) is 13.2 Å². The van der Waals surface area contributed by atoms with Crippen LogP contribution in [0.5, 0.6) is 0 Å². The van der Waals surface area contributed by atoms with Gasteiger partial charge in [0.25, 0.3) is 0 Å². The molecule has 4 aromatic rings.